The Morgan fingerprint density at radius 1 is 1.23 bits per heavy atom. The van der Waals surface area contributed by atoms with Crippen molar-refractivity contribution < 1.29 is 5.11 Å². The van der Waals surface area contributed by atoms with E-state index < -0.39 is 0 Å². The largest absolute Gasteiger partial charge is 0.393 e. The Hall–Kier alpha value is -0.300. The predicted molar refractivity (Wildman–Crippen MR) is 58.7 cm³/mol. The molecule has 0 heterocycles. The summed E-state index contributed by atoms with van der Waals surface area (Å²) in [7, 11) is 0. The van der Waals surface area contributed by atoms with Crippen molar-refractivity contribution in [2.75, 3.05) is 0 Å². The average molecular weight is 184 g/mol. The molecule has 0 radical (unpaired) electrons. The van der Waals surface area contributed by atoms with Gasteiger partial charge < -0.3 is 5.11 Å². The van der Waals surface area contributed by atoms with E-state index in [4.69, 9.17) is 0 Å². The molecule has 0 saturated carbocycles. The third-order valence-corrected chi connectivity index (χ3v) is 3.30. The number of aliphatic hydroxyl groups excluding tert-OH is 1. The van der Waals surface area contributed by atoms with Crippen LogP contribution in [0.3, 0.4) is 0 Å². The quantitative estimate of drug-likeness (QED) is 0.667. The molecule has 0 amide bonds. The Labute approximate surface area is 82.9 Å². The van der Waals surface area contributed by atoms with Crippen LogP contribution in [0.5, 0.6) is 0 Å². The highest BCUT2D eigenvalue weighted by Gasteiger charge is 2.35. The smallest absolute Gasteiger partial charge is 0.0549 e. The van der Waals surface area contributed by atoms with Crippen LogP contribution in [-0.2, 0) is 0 Å². The van der Waals surface area contributed by atoms with Gasteiger partial charge in [-0.2, -0.15) is 0 Å². The SMILES string of the molecule is C=C(CC(C)O)C(C)(C)C(C)(C)C. The molecule has 1 atom stereocenters. The molecule has 0 fully saturated rings. The molecule has 0 aromatic heterocycles. The van der Waals surface area contributed by atoms with Gasteiger partial charge in [0.25, 0.3) is 0 Å². The van der Waals surface area contributed by atoms with Gasteiger partial charge in [-0.05, 0) is 24.2 Å². The molecule has 1 nitrogen and oxygen atoms in total. The minimum Gasteiger partial charge on any atom is -0.393 e. The second-order valence-electron chi connectivity index (χ2n) is 5.53. The lowest BCUT2D eigenvalue weighted by atomic mass is 9.64. The number of aliphatic hydroxyl groups is 1. The second-order valence-corrected chi connectivity index (χ2v) is 5.53. The maximum atomic E-state index is 9.29. The molecule has 0 aliphatic rings. The highest BCUT2D eigenvalue weighted by molar-refractivity contribution is 5.12. The molecule has 0 bridgehead atoms. The maximum absolute atomic E-state index is 9.29. The van der Waals surface area contributed by atoms with E-state index in [9.17, 15) is 5.11 Å². The normalized spacial score (nSPS) is 15.6. The first-order valence-corrected chi connectivity index (χ1v) is 4.95. The second kappa shape index (κ2) is 3.83. The maximum Gasteiger partial charge on any atom is 0.0549 e. The van der Waals surface area contributed by atoms with E-state index in [0.717, 1.165) is 5.57 Å². The lowest BCUT2D eigenvalue weighted by molar-refractivity contribution is 0.143. The molecular formula is C12H24O. The summed E-state index contributed by atoms with van der Waals surface area (Å²) >= 11 is 0. The molecule has 1 N–H and O–H groups in total. The average Bonchev–Trinajstić information content (AvgIpc) is 1.82. The van der Waals surface area contributed by atoms with E-state index in [2.05, 4.69) is 41.2 Å². The summed E-state index contributed by atoms with van der Waals surface area (Å²) in [6.45, 7) is 16.9. The van der Waals surface area contributed by atoms with Crippen molar-refractivity contribution >= 4 is 0 Å². The van der Waals surface area contributed by atoms with Crippen molar-refractivity contribution in [3.63, 3.8) is 0 Å². The number of rotatable bonds is 3. The van der Waals surface area contributed by atoms with Crippen molar-refractivity contribution in [1.29, 1.82) is 0 Å². The van der Waals surface area contributed by atoms with E-state index >= 15 is 0 Å². The Balaban J connectivity index is 4.56. The Morgan fingerprint density at radius 2 is 1.62 bits per heavy atom. The molecule has 78 valence electrons. The Bertz CT molecular complexity index is 182. The van der Waals surface area contributed by atoms with Crippen LogP contribution in [0.1, 0.15) is 48.0 Å². The molecule has 0 spiro atoms. The first-order valence-electron chi connectivity index (χ1n) is 4.95. The fourth-order valence-electron chi connectivity index (χ4n) is 1.14. The highest BCUT2D eigenvalue weighted by atomic mass is 16.3. The molecule has 1 unspecified atom stereocenters. The minimum absolute atomic E-state index is 0.0734. The summed E-state index contributed by atoms with van der Waals surface area (Å²) in [5, 5.41) is 9.29. The van der Waals surface area contributed by atoms with Crippen molar-refractivity contribution in [2.45, 2.75) is 54.1 Å². The molecule has 0 rings (SSSR count). The van der Waals surface area contributed by atoms with Gasteiger partial charge in [0.05, 0.1) is 6.10 Å². The van der Waals surface area contributed by atoms with Crippen molar-refractivity contribution in [3.05, 3.63) is 12.2 Å². The number of hydrogen-bond acceptors (Lipinski definition) is 1. The van der Waals surface area contributed by atoms with Gasteiger partial charge in [0.15, 0.2) is 0 Å². The highest BCUT2D eigenvalue weighted by Crippen LogP contribution is 2.44. The van der Waals surface area contributed by atoms with Crippen LogP contribution >= 0.6 is 0 Å². The zero-order valence-electron chi connectivity index (χ0n) is 9.94. The van der Waals surface area contributed by atoms with Crippen LogP contribution in [0.4, 0.5) is 0 Å². The van der Waals surface area contributed by atoms with Gasteiger partial charge in [0.2, 0.25) is 0 Å². The van der Waals surface area contributed by atoms with Gasteiger partial charge in [-0.25, -0.2) is 0 Å². The summed E-state index contributed by atoms with van der Waals surface area (Å²) in [6, 6.07) is 0. The van der Waals surface area contributed by atoms with Crippen molar-refractivity contribution in [3.8, 4) is 0 Å². The standard InChI is InChI=1S/C12H24O/c1-9(8-10(2)13)12(6,7)11(3,4)5/h10,13H,1,8H2,2-7H3. The van der Waals surface area contributed by atoms with Crippen LogP contribution < -0.4 is 0 Å². The summed E-state index contributed by atoms with van der Waals surface area (Å²) in [4.78, 5) is 0. The van der Waals surface area contributed by atoms with E-state index in [1.54, 1.807) is 0 Å². The van der Waals surface area contributed by atoms with Crippen LogP contribution in [0.2, 0.25) is 0 Å². The minimum atomic E-state index is -0.283. The van der Waals surface area contributed by atoms with E-state index in [-0.39, 0.29) is 16.9 Å². The van der Waals surface area contributed by atoms with E-state index in [0.29, 0.717) is 6.42 Å². The Kier molecular flexibility index (Phi) is 3.74. The third-order valence-electron chi connectivity index (χ3n) is 3.30. The van der Waals surface area contributed by atoms with E-state index in [1.807, 2.05) is 6.92 Å². The third kappa shape index (κ3) is 3.15. The molecule has 0 aromatic carbocycles. The van der Waals surface area contributed by atoms with Gasteiger partial charge >= 0.3 is 0 Å². The number of hydrogen-bond donors (Lipinski definition) is 1. The molecule has 0 saturated heterocycles. The van der Waals surface area contributed by atoms with Crippen LogP contribution in [0.25, 0.3) is 0 Å². The Morgan fingerprint density at radius 3 is 1.85 bits per heavy atom. The summed E-state index contributed by atoms with van der Waals surface area (Å²) in [6.07, 6.45) is 0.415. The lowest BCUT2D eigenvalue weighted by Crippen LogP contribution is -2.32. The summed E-state index contributed by atoms with van der Waals surface area (Å²) in [5.74, 6) is 0. The van der Waals surface area contributed by atoms with Crippen LogP contribution in [-0.4, -0.2) is 11.2 Å². The first kappa shape index (κ1) is 12.7. The monoisotopic (exact) mass is 184 g/mol. The predicted octanol–water partition coefficient (Wildman–Crippen LogP) is 3.39. The summed E-state index contributed by atoms with van der Waals surface area (Å²) < 4.78 is 0. The molecular weight excluding hydrogens is 160 g/mol. The molecule has 1 heteroatoms. The van der Waals surface area contributed by atoms with Gasteiger partial charge in [0, 0.05) is 0 Å². The van der Waals surface area contributed by atoms with Crippen molar-refractivity contribution in [2.24, 2.45) is 10.8 Å². The van der Waals surface area contributed by atoms with E-state index in [1.165, 1.54) is 0 Å². The lowest BCUT2D eigenvalue weighted by Gasteiger charge is -2.41. The fraction of sp³-hybridized carbons (Fsp3) is 0.833. The molecule has 13 heavy (non-hydrogen) atoms. The molecule has 0 aliphatic heterocycles. The van der Waals surface area contributed by atoms with Crippen molar-refractivity contribution in [1.82, 2.24) is 0 Å². The van der Waals surface area contributed by atoms with Crippen LogP contribution in [0.15, 0.2) is 12.2 Å². The van der Waals surface area contributed by atoms with Gasteiger partial charge in [0.1, 0.15) is 0 Å². The van der Waals surface area contributed by atoms with Gasteiger partial charge in [-0.3, -0.25) is 0 Å². The van der Waals surface area contributed by atoms with Gasteiger partial charge in [-0.15, -0.1) is 0 Å². The topological polar surface area (TPSA) is 20.2 Å². The molecule has 0 aliphatic carbocycles. The molecule has 0 aromatic rings. The van der Waals surface area contributed by atoms with Crippen LogP contribution in [0, 0.1) is 10.8 Å². The first-order chi connectivity index (χ1) is 5.59. The fourth-order valence-corrected chi connectivity index (χ4v) is 1.14. The zero-order valence-corrected chi connectivity index (χ0v) is 9.94. The zero-order chi connectivity index (χ0) is 10.9. The van der Waals surface area contributed by atoms with Gasteiger partial charge in [-0.1, -0.05) is 46.8 Å². The summed E-state index contributed by atoms with van der Waals surface area (Å²) in [5.41, 5.74) is 1.40.